The van der Waals surface area contributed by atoms with Gasteiger partial charge in [-0.05, 0) is 18.4 Å². The van der Waals surface area contributed by atoms with E-state index in [1.165, 1.54) is 6.20 Å². The van der Waals surface area contributed by atoms with Crippen LogP contribution in [-0.4, -0.2) is 35.1 Å². The van der Waals surface area contributed by atoms with E-state index in [2.05, 4.69) is 9.71 Å². The van der Waals surface area contributed by atoms with Crippen LogP contribution in [0.15, 0.2) is 41.6 Å². The number of sulfonamides is 1. The molecule has 2 aromatic rings. The van der Waals surface area contributed by atoms with Gasteiger partial charge in [0.1, 0.15) is 11.9 Å². The number of nitrogens with zero attached hydrogens (tertiary/aromatic N) is 2. The molecule has 0 amide bonds. The van der Waals surface area contributed by atoms with Gasteiger partial charge in [-0.1, -0.05) is 30.3 Å². The minimum absolute atomic E-state index is 0.0318. The van der Waals surface area contributed by atoms with E-state index < -0.39 is 22.0 Å². The van der Waals surface area contributed by atoms with Crippen molar-refractivity contribution in [3.8, 4) is 0 Å². The van der Waals surface area contributed by atoms with Crippen molar-refractivity contribution in [3.05, 3.63) is 47.9 Å². The zero-order valence-electron chi connectivity index (χ0n) is 12.3. The molecule has 0 fully saturated rings. The fourth-order valence-electron chi connectivity index (χ4n) is 2.72. The molecule has 0 saturated heterocycles. The van der Waals surface area contributed by atoms with Gasteiger partial charge in [0.25, 0.3) is 10.0 Å². The predicted octanol–water partition coefficient (Wildman–Crippen LogP) is 0.803. The lowest BCUT2D eigenvalue weighted by molar-refractivity contribution is -0.138. The van der Waals surface area contributed by atoms with Gasteiger partial charge >= 0.3 is 5.97 Å². The SMILES string of the molecule is O=C(O)[C@H](Cc1ccccc1)NS(=O)(=O)c1cnc2n1CCC2. The number of rotatable bonds is 6. The third kappa shape index (κ3) is 3.27. The fourth-order valence-corrected chi connectivity index (χ4v) is 4.08. The lowest BCUT2D eigenvalue weighted by atomic mass is 10.1. The molecule has 23 heavy (non-hydrogen) atoms. The minimum Gasteiger partial charge on any atom is -0.480 e. The summed E-state index contributed by atoms with van der Waals surface area (Å²) in [5.74, 6) is -0.487. The van der Waals surface area contributed by atoms with Crippen molar-refractivity contribution < 1.29 is 18.3 Å². The Hall–Kier alpha value is -2.19. The van der Waals surface area contributed by atoms with Crippen LogP contribution in [0.3, 0.4) is 0 Å². The molecule has 0 spiro atoms. The third-order valence-corrected chi connectivity index (χ3v) is 5.31. The van der Waals surface area contributed by atoms with Crippen molar-refractivity contribution in [1.82, 2.24) is 14.3 Å². The first-order valence-electron chi connectivity index (χ1n) is 7.31. The number of carboxylic acid groups (broad SMARTS) is 1. The van der Waals surface area contributed by atoms with Gasteiger partial charge in [-0.25, -0.2) is 13.4 Å². The lowest BCUT2D eigenvalue weighted by Crippen LogP contribution is -2.42. The summed E-state index contributed by atoms with van der Waals surface area (Å²) in [4.78, 5) is 15.5. The summed E-state index contributed by atoms with van der Waals surface area (Å²) in [5.41, 5.74) is 0.751. The number of carbonyl (C=O) groups is 1. The van der Waals surface area contributed by atoms with Gasteiger partial charge in [0.15, 0.2) is 5.03 Å². The first kappa shape index (κ1) is 15.7. The molecule has 0 unspecified atom stereocenters. The molecular weight excluding hydrogens is 318 g/mol. The number of nitrogens with one attached hydrogen (secondary N) is 1. The number of aryl methyl sites for hydroxylation is 1. The number of hydrogen-bond donors (Lipinski definition) is 2. The van der Waals surface area contributed by atoms with Crippen molar-refractivity contribution in [3.63, 3.8) is 0 Å². The summed E-state index contributed by atoms with van der Waals surface area (Å²) < 4.78 is 29.0. The van der Waals surface area contributed by atoms with E-state index in [0.29, 0.717) is 6.54 Å². The molecule has 2 heterocycles. The molecular formula is C15H17N3O4S. The zero-order chi connectivity index (χ0) is 16.4. The van der Waals surface area contributed by atoms with E-state index in [-0.39, 0.29) is 11.4 Å². The third-order valence-electron chi connectivity index (χ3n) is 3.84. The largest absolute Gasteiger partial charge is 0.480 e. The molecule has 0 bridgehead atoms. The van der Waals surface area contributed by atoms with Gasteiger partial charge in [-0.3, -0.25) is 4.79 Å². The molecule has 0 aliphatic carbocycles. The molecule has 1 atom stereocenters. The highest BCUT2D eigenvalue weighted by molar-refractivity contribution is 7.89. The summed E-state index contributed by atoms with van der Waals surface area (Å²) in [5, 5.41) is 9.37. The molecule has 0 radical (unpaired) electrons. The molecule has 7 nitrogen and oxygen atoms in total. The zero-order valence-corrected chi connectivity index (χ0v) is 13.2. The van der Waals surface area contributed by atoms with Gasteiger partial charge in [0, 0.05) is 13.0 Å². The van der Waals surface area contributed by atoms with Crippen LogP contribution in [0.25, 0.3) is 0 Å². The van der Waals surface area contributed by atoms with E-state index in [1.807, 2.05) is 6.07 Å². The smallest absolute Gasteiger partial charge is 0.322 e. The minimum atomic E-state index is -3.94. The van der Waals surface area contributed by atoms with E-state index in [4.69, 9.17) is 0 Å². The van der Waals surface area contributed by atoms with Gasteiger partial charge in [-0.15, -0.1) is 0 Å². The number of imidazole rings is 1. The highest BCUT2D eigenvalue weighted by Crippen LogP contribution is 2.20. The Kier molecular flexibility index (Phi) is 4.18. The first-order chi connectivity index (χ1) is 11.0. The van der Waals surface area contributed by atoms with Crippen molar-refractivity contribution in [2.45, 2.75) is 36.9 Å². The predicted molar refractivity (Wildman–Crippen MR) is 82.4 cm³/mol. The average molecular weight is 335 g/mol. The molecule has 2 N–H and O–H groups in total. The summed E-state index contributed by atoms with van der Waals surface area (Å²) in [6, 6.07) is 7.69. The number of aromatic nitrogens is 2. The van der Waals surface area contributed by atoms with Crippen LogP contribution < -0.4 is 4.72 Å². The normalized spacial score (nSPS) is 15.3. The fraction of sp³-hybridized carbons (Fsp3) is 0.333. The molecule has 1 aliphatic rings. The van der Waals surface area contributed by atoms with Crippen LogP contribution >= 0.6 is 0 Å². The topological polar surface area (TPSA) is 101 Å². The summed E-state index contributed by atoms with van der Waals surface area (Å²) in [6.07, 6.45) is 2.95. The Bertz CT molecular complexity index is 815. The van der Waals surface area contributed by atoms with E-state index >= 15 is 0 Å². The molecule has 8 heteroatoms. The second-order valence-corrected chi connectivity index (χ2v) is 7.13. The van der Waals surface area contributed by atoms with Crippen LogP contribution in [0, 0.1) is 0 Å². The molecule has 3 rings (SSSR count). The van der Waals surface area contributed by atoms with E-state index in [1.54, 1.807) is 28.8 Å². The van der Waals surface area contributed by atoms with Crippen LogP contribution in [0.5, 0.6) is 0 Å². The number of hydrogen-bond acceptors (Lipinski definition) is 4. The quantitative estimate of drug-likeness (QED) is 0.813. The number of benzene rings is 1. The Morgan fingerprint density at radius 2 is 2.09 bits per heavy atom. The van der Waals surface area contributed by atoms with Crippen molar-refractivity contribution in [1.29, 1.82) is 0 Å². The first-order valence-corrected chi connectivity index (χ1v) is 8.79. The van der Waals surface area contributed by atoms with Crippen LogP contribution in [0.2, 0.25) is 0 Å². The van der Waals surface area contributed by atoms with Gasteiger partial charge in [0.2, 0.25) is 0 Å². The van der Waals surface area contributed by atoms with E-state index in [9.17, 15) is 18.3 Å². The summed E-state index contributed by atoms with van der Waals surface area (Å²) in [6.45, 7) is 0.585. The standard InChI is InChI=1S/C15H17N3O4S/c19-15(20)12(9-11-5-2-1-3-6-11)17-23(21,22)14-10-16-13-7-4-8-18(13)14/h1-3,5-6,10,12,17H,4,7-9H2,(H,19,20)/t12-/m0/s1. The van der Waals surface area contributed by atoms with Crippen LogP contribution in [0.1, 0.15) is 17.8 Å². The van der Waals surface area contributed by atoms with E-state index in [0.717, 1.165) is 24.2 Å². The number of carboxylic acids is 1. The Morgan fingerprint density at radius 3 is 2.78 bits per heavy atom. The van der Waals surface area contributed by atoms with Crippen molar-refractivity contribution in [2.75, 3.05) is 0 Å². The average Bonchev–Trinajstić information content (AvgIpc) is 3.10. The molecule has 1 aromatic carbocycles. The van der Waals surface area contributed by atoms with Crippen molar-refractivity contribution in [2.24, 2.45) is 0 Å². The lowest BCUT2D eigenvalue weighted by Gasteiger charge is -2.15. The number of fused-ring (bicyclic) bond motifs is 1. The molecule has 122 valence electrons. The van der Waals surface area contributed by atoms with Gasteiger partial charge in [-0.2, -0.15) is 4.72 Å². The Morgan fingerprint density at radius 1 is 1.35 bits per heavy atom. The second kappa shape index (κ2) is 6.13. The summed E-state index contributed by atoms with van der Waals surface area (Å²) >= 11 is 0. The maximum Gasteiger partial charge on any atom is 0.322 e. The monoisotopic (exact) mass is 335 g/mol. The van der Waals surface area contributed by atoms with Crippen LogP contribution in [-0.2, 0) is 34.2 Å². The summed E-state index contributed by atoms with van der Waals surface area (Å²) in [7, 11) is -3.94. The highest BCUT2D eigenvalue weighted by Gasteiger charge is 2.30. The maximum absolute atomic E-state index is 12.5. The molecule has 1 aromatic heterocycles. The molecule has 0 saturated carbocycles. The molecule has 1 aliphatic heterocycles. The van der Waals surface area contributed by atoms with Crippen molar-refractivity contribution >= 4 is 16.0 Å². The van der Waals surface area contributed by atoms with Gasteiger partial charge in [0.05, 0.1) is 6.20 Å². The second-order valence-electron chi connectivity index (χ2n) is 5.47. The highest BCUT2D eigenvalue weighted by atomic mass is 32.2. The Balaban J connectivity index is 1.83. The number of aliphatic carboxylic acids is 1. The van der Waals surface area contributed by atoms with Gasteiger partial charge < -0.3 is 9.67 Å². The Labute approximate surface area is 134 Å². The van der Waals surface area contributed by atoms with Crippen LogP contribution in [0.4, 0.5) is 0 Å². The maximum atomic E-state index is 12.5.